The summed E-state index contributed by atoms with van der Waals surface area (Å²) in [6.07, 6.45) is 16.5. The molecule has 0 fully saturated rings. The van der Waals surface area contributed by atoms with Gasteiger partial charge in [-0.15, -0.1) is 5.10 Å². The zero-order chi connectivity index (χ0) is 21.9. The van der Waals surface area contributed by atoms with Crippen LogP contribution in [0.5, 0.6) is 11.5 Å². The fourth-order valence-corrected chi connectivity index (χ4v) is 3.13. The maximum Gasteiger partial charge on any atom is 0.211 e. The highest BCUT2D eigenvalue weighted by Crippen LogP contribution is 2.29. The highest BCUT2D eigenvalue weighted by molar-refractivity contribution is 5.82. The van der Waals surface area contributed by atoms with Gasteiger partial charge >= 0.3 is 0 Å². The molecular formula is C24H42N4O2. The van der Waals surface area contributed by atoms with Gasteiger partial charge in [0, 0.05) is 0 Å². The molecule has 6 heteroatoms. The van der Waals surface area contributed by atoms with Crippen LogP contribution in [-0.4, -0.2) is 25.4 Å². The number of ether oxygens (including phenoxy) is 2. The van der Waals surface area contributed by atoms with Crippen molar-refractivity contribution in [3.05, 3.63) is 23.8 Å². The minimum Gasteiger partial charge on any atom is -0.490 e. The van der Waals surface area contributed by atoms with Crippen LogP contribution in [0.2, 0.25) is 0 Å². The molecule has 6 nitrogen and oxygen atoms in total. The topological polar surface area (TPSA) is 95.2 Å². The first-order chi connectivity index (χ1) is 14.7. The normalized spacial score (nSPS) is 11.0. The molecule has 1 aromatic carbocycles. The lowest BCUT2D eigenvalue weighted by atomic mass is 10.1. The van der Waals surface area contributed by atoms with Crippen LogP contribution in [0.25, 0.3) is 0 Å². The molecule has 1 aromatic rings. The highest BCUT2D eigenvalue weighted by Gasteiger charge is 2.07. The van der Waals surface area contributed by atoms with Gasteiger partial charge in [0.25, 0.3) is 0 Å². The first kappa shape index (κ1) is 25.8. The average molecular weight is 419 g/mol. The summed E-state index contributed by atoms with van der Waals surface area (Å²) < 4.78 is 12.1. The summed E-state index contributed by atoms with van der Waals surface area (Å²) in [6.45, 7) is 5.87. The second-order valence-electron chi connectivity index (χ2n) is 7.71. The summed E-state index contributed by atoms with van der Waals surface area (Å²) in [7, 11) is 0. The molecule has 4 N–H and O–H groups in total. The Hall–Kier alpha value is -2.24. The van der Waals surface area contributed by atoms with Crippen molar-refractivity contribution in [3.63, 3.8) is 0 Å². The number of nitrogens with two attached hydrogens (primary N) is 2. The number of benzene rings is 1. The van der Waals surface area contributed by atoms with Gasteiger partial charge in [0.2, 0.25) is 5.96 Å². The van der Waals surface area contributed by atoms with Crippen LogP contribution in [0, 0.1) is 0 Å². The molecule has 0 atom stereocenters. The Morgan fingerprint density at radius 1 is 0.767 bits per heavy atom. The third-order valence-electron chi connectivity index (χ3n) is 4.86. The zero-order valence-corrected chi connectivity index (χ0v) is 19.1. The van der Waals surface area contributed by atoms with Crippen LogP contribution in [-0.2, 0) is 0 Å². The molecular weight excluding hydrogens is 376 g/mol. The van der Waals surface area contributed by atoms with Gasteiger partial charge in [-0.2, -0.15) is 5.10 Å². The summed E-state index contributed by atoms with van der Waals surface area (Å²) in [5, 5.41) is 7.52. The summed E-state index contributed by atoms with van der Waals surface area (Å²) in [4.78, 5) is 0. The number of unbranched alkanes of at least 4 members (excludes halogenated alkanes) is 10. The Morgan fingerprint density at radius 3 is 1.87 bits per heavy atom. The minimum atomic E-state index is -0.0651. The maximum atomic E-state index is 6.05. The van der Waals surface area contributed by atoms with Crippen molar-refractivity contribution in [1.82, 2.24) is 0 Å². The maximum absolute atomic E-state index is 6.05. The fraction of sp³-hybridized carbons (Fsp3) is 0.667. The van der Waals surface area contributed by atoms with Crippen molar-refractivity contribution < 1.29 is 9.47 Å². The molecule has 0 amide bonds. The molecule has 0 heterocycles. The summed E-state index contributed by atoms with van der Waals surface area (Å²) in [5.74, 6) is 1.47. The SMILES string of the molecule is CCCCCCCCOc1ccc(C=NN=C(N)N)cc1OCCCCCCCC. The van der Waals surface area contributed by atoms with Crippen molar-refractivity contribution in [2.75, 3.05) is 13.2 Å². The first-order valence-corrected chi connectivity index (χ1v) is 11.7. The van der Waals surface area contributed by atoms with Crippen LogP contribution < -0.4 is 20.9 Å². The van der Waals surface area contributed by atoms with Crippen molar-refractivity contribution in [1.29, 1.82) is 0 Å². The number of hydrogen-bond acceptors (Lipinski definition) is 4. The third kappa shape index (κ3) is 13.1. The Kier molecular flexibility index (Phi) is 15.1. The molecule has 0 aliphatic heterocycles. The van der Waals surface area contributed by atoms with E-state index in [0.29, 0.717) is 13.2 Å². The van der Waals surface area contributed by atoms with Gasteiger partial charge in [0.05, 0.1) is 19.4 Å². The minimum absolute atomic E-state index is 0.0651. The monoisotopic (exact) mass is 418 g/mol. The quantitative estimate of drug-likeness (QED) is 0.137. The number of hydrogen-bond donors (Lipinski definition) is 2. The fourth-order valence-electron chi connectivity index (χ4n) is 3.13. The summed E-state index contributed by atoms with van der Waals surface area (Å²) in [6, 6.07) is 5.80. The van der Waals surface area contributed by atoms with Crippen LogP contribution in [0.4, 0.5) is 0 Å². The van der Waals surface area contributed by atoms with Crippen LogP contribution in [0.3, 0.4) is 0 Å². The van der Waals surface area contributed by atoms with E-state index in [9.17, 15) is 0 Å². The predicted octanol–water partition coefficient (Wildman–Crippen LogP) is 5.77. The van der Waals surface area contributed by atoms with E-state index in [1.807, 2.05) is 18.2 Å². The molecule has 0 aliphatic rings. The smallest absolute Gasteiger partial charge is 0.211 e. The van der Waals surface area contributed by atoms with E-state index in [1.165, 1.54) is 64.2 Å². The Bertz CT molecular complexity index is 613. The van der Waals surface area contributed by atoms with E-state index in [0.717, 1.165) is 29.9 Å². The highest BCUT2D eigenvalue weighted by atomic mass is 16.5. The lowest BCUT2D eigenvalue weighted by Crippen LogP contribution is -2.21. The Balaban J connectivity index is 2.56. The molecule has 30 heavy (non-hydrogen) atoms. The van der Waals surface area contributed by atoms with Gasteiger partial charge in [0.15, 0.2) is 11.5 Å². The van der Waals surface area contributed by atoms with E-state index in [-0.39, 0.29) is 5.96 Å². The van der Waals surface area contributed by atoms with Crippen molar-refractivity contribution in [2.24, 2.45) is 21.7 Å². The lowest BCUT2D eigenvalue weighted by Gasteiger charge is -2.13. The predicted molar refractivity (Wildman–Crippen MR) is 128 cm³/mol. The van der Waals surface area contributed by atoms with Crippen molar-refractivity contribution in [3.8, 4) is 11.5 Å². The van der Waals surface area contributed by atoms with Gasteiger partial charge in [-0.25, -0.2) is 0 Å². The van der Waals surface area contributed by atoms with Crippen molar-refractivity contribution >= 4 is 12.2 Å². The standard InChI is InChI=1S/C24H42N4O2/c1-3-5-7-9-11-13-17-29-22-16-15-21(20-27-28-24(25)26)19-23(22)30-18-14-12-10-8-6-4-2/h15-16,19-20H,3-14,17-18H2,1-2H3,(H4,25,26,28). The van der Waals surface area contributed by atoms with Gasteiger partial charge < -0.3 is 20.9 Å². The molecule has 0 aromatic heterocycles. The number of nitrogens with zero attached hydrogens (tertiary/aromatic N) is 2. The Labute approximate surface area is 183 Å². The molecule has 0 aliphatic carbocycles. The lowest BCUT2D eigenvalue weighted by molar-refractivity contribution is 0.258. The molecule has 0 saturated heterocycles. The van der Waals surface area contributed by atoms with E-state index in [2.05, 4.69) is 24.1 Å². The number of rotatable bonds is 18. The largest absolute Gasteiger partial charge is 0.490 e. The third-order valence-corrected chi connectivity index (χ3v) is 4.86. The molecule has 170 valence electrons. The molecule has 1 rings (SSSR count). The van der Waals surface area contributed by atoms with Gasteiger partial charge in [-0.3, -0.25) is 0 Å². The average Bonchev–Trinajstić information content (AvgIpc) is 2.73. The van der Waals surface area contributed by atoms with Crippen LogP contribution in [0.1, 0.15) is 96.5 Å². The second kappa shape index (κ2) is 17.6. The zero-order valence-electron chi connectivity index (χ0n) is 19.1. The van der Waals surface area contributed by atoms with E-state index in [1.54, 1.807) is 6.21 Å². The van der Waals surface area contributed by atoms with Crippen LogP contribution in [0.15, 0.2) is 28.4 Å². The number of guanidine groups is 1. The van der Waals surface area contributed by atoms with Crippen molar-refractivity contribution in [2.45, 2.75) is 90.9 Å². The van der Waals surface area contributed by atoms with E-state index in [4.69, 9.17) is 20.9 Å². The summed E-state index contributed by atoms with van der Waals surface area (Å²) >= 11 is 0. The van der Waals surface area contributed by atoms with E-state index < -0.39 is 0 Å². The molecule has 0 bridgehead atoms. The van der Waals surface area contributed by atoms with Crippen LogP contribution >= 0.6 is 0 Å². The molecule has 0 saturated carbocycles. The van der Waals surface area contributed by atoms with E-state index >= 15 is 0 Å². The molecule has 0 unspecified atom stereocenters. The molecule has 0 spiro atoms. The van der Waals surface area contributed by atoms with Gasteiger partial charge in [-0.1, -0.05) is 78.1 Å². The Morgan fingerprint density at radius 2 is 1.30 bits per heavy atom. The van der Waals surface area contributed by atoms with Gasteiger partial charge in [-0.05, 0) is 36.6 Å². The molecule has 0 radical (unpaired) electrons. The van der Waals surface area contributed by atoms with Gasteiger partial charge in [0.1, 0.15) is 0 Å². The summed E-state index contributed by atoms with van der Waals surface area (Å²) in [5.41, 5.74) is 11.5. The first-order valence-electron chi connectivity index (χ1n) is 11.7. The second-order valence-corrected chi connectivity index (χ2v) is 7.71.